The van der Waals surface area contributed by atoms with Gasteiger partial charge in [-0.1, -0.05) is 19.8 Å². The molecule has 0 aromatic heterocycles. The number of hydrogen-bond donors (Lipinski definition) is 2. The number of carbonyl (C=O) groups excluding carboxylic acids is 2. The molecule has 1 fully saturated rings. The Kier molecular flexibility index (Phi) is 8.98. The molecule has 1 rings (SSSR count). The summed E-state index contributed by atoms with van der Waals surface area (Å²) < 4.78 is 5.27. The molecule has 1 saturated heterocycles. The summed E-state index contributed by atoms with van der Waals surface area (Å²) in [4.78, 5) is 25.3. The number of ether oxygens (including phenoxy) is 1. The standard InChI is InChI=1S/C14H27N3O3/c1-2-3-4-6-15-13(18)14(19)16-7-5-8-17-9-11-20-12-10-17/h2-12H2,1H3,(H,15,18)(H,16,19). The van der Waals surface area contributed by atoms with Gasteiger partial charge in [-0.2, -0.15) is 0 Å². The smallest absolute Gasteiger partial charge is 0.309 e. The van der Waals surface area contributed by atoms with Crippen molar-refractivity contribution in [1.29, 1.82) is 0 Å². The predicted molar refractivity (Wildman–Crippen MR) is 77.4 cm³/mol. The third-order valence-electron chi connectivity index (χ3n) is 3.31. The quantitative estimate of drug-likeness (QED) is 0.491. The molecule has 1 aliphatic rings. The minimum absolute atomic E-state index is 0.521. The van der Waals surface area contributed by atoms with Crippen molar-refractivity contribution in [3.05, 3.63) is 0 Å². The summed E-state index contributed by atoms with van der Waals surface area (Å²) in [6.45, 7) is 7.62. The van der Waals surface area contributed by atoms with Crippen molar-refractivity contribution in [2.24, 2.45) is 0 Å². The first-order valence-corrected chi connectivity index (χ1v) is 7.60. The van der Waals surface area contributed by atoms with Crippen LogP contribution < -0.4 is 10.6 Å². The number of rotatable bonds is 8. The Morgan fingerprint density at radius 3 is 2.20 bits per heavy atom. The van der Waals surface area contributed by atoms with Crippen LogP contribution in [-0.2, 0) is 14.3 Å². The van der Waals surface area contributed by atoms with Crippen LogP contribution in [0, 0.1) is 0 Å². The molecular formula is C14H27N3O3. The number of nitrogens with zero attached hydrogens (tertiary/aromatic N) is 1. The molecule has 0 aromatic carbocycles. The van der Waals surface area contributed by atoms with Crippen molar-refractivity contribution >= 4 is 11.8 Å². The predicted octanol–water partition coefficient (Wildman–Crippen LogP) is 0.131. The van der Waals surface area contributed by atoms with E-state index >= 15 is 0 Å². The van der Waals surface area contributed by atoms with Gasteiger partial charge in [-0.25, -0.2) is 0 Å². The summed E-state index contributed by atoms with van der Waals surface area (Å²) in [6.07, 6.45) is 3.95. The summed E-state index contributed by atoms with van der Waals surface area (Å²) in [5, 5.41) is 5.28. The van der Waals surface area contributed by atoms with Crippen LogP contribution in [0.25, 0.3) is 0 Å². The van der Waals surface area contributed by atoms with Crippen LogP contribution in [-0.4, -0.2) is 62.7 Å². The number of nitrogens with one attached hydrogen (secondary N) is 2. The van der Waals surface area contributed by atoms with E-state index in [-0.39, 0.29) is 0 Å². The molecule has 0 bridgehead atoms. The molecule has 6 heteroatoms. The minimum Gasteiger partial charge on any atom is -0.379 e. The summed E-state index contributed by atoms with van der Waals surface area (Å²) in [7, 11) is 0. The average Bonchev–Trinajstić information content (AvgIpc) is 2.48. The van der Waals surface area contributed by atoms with E-state index in [4.69, 9.17) is 4.74 Å². The molecule has 20 heavy (non-hydrogen) atoms. The fourth-order valence-corrected chi connectivity index (χ4v) is 2.07. The van der Waals surface area contributed by atoms with Crippen LogP contribution in [0.15, 0.2) is 0 Å². The van der Waals surface area contributed by atoms with E-state index < -0.39 is 11.8 Å². The van der Waals surface area contributed by atoms with E-state index in [0.717, 1.165) is 58.5 Å². The van der Waals surface area contributed by atoms with Gasteiger partial charge in [0.2, 0.25) is 0 Å². The highest BCUT2D eigenvalue weighted by Crippen LogP contribution is 1.97. The Balaban J connectivity index is 1.99. The van der Waals surface area contributed by atoms with Crippen molar-refractivity contribution in [3.8, 4) is 0 Å². The van der Waals surface area contributed by atoms with Gasteiger partial charge in [-0.3, -0.25) is 14.5 Å². The van der Waals surface area contributed by atoms with Gasteiger partial charge in [-0.15, -0.1) is 0 Å². The van der Waals surface area contributed by atoms with Gasteiger partial charge in [0.05, 0.1) is 13.2 Å². The van der Waals surface area contributed by atoms with Gasteiger partial charge in [0.25, 0.3) is 0 Å². The molecule has 0 aromatic rings. The van der Waals surface area contributed by atoms with E-state index in [0.29, 0.717) is 13.1 Å². The molecule has 0 aliphatic carbocycles. The molecule has 0 spiro atoms. The second-order valence-electron chi connectivity index (χ2n) is 5.03. The molecule has 6 nitrogen and oxygen atoms in total. The fourth-order valence-electron chi connectivity index (χ4n) is 2.07. The van der Waals surface area contributed by atoms with Crippen LogP contribution in [0.2, 0.25) is 0 Å². The minimum atomic E-state index is -0.525. The highest BCUT2D eigenvalue weighted by molar-refractivity contribution is 6.35. The van der Waals surface area contributed by atoms with Crippen molar-refractivity contribution in [3.63, 3.8) is 0 Å². The number of amides is 2. The van der Waals surface area contributed by atoms with Crippen LogP contribution >= 0.6 is 0 Å². The maximum atomic E-state index is 11.5. The zero-order valence-electron chi connectivity index (χ0n) is 12.5. The second-order valence-corrected chi connectivity index (χ2v) is 5.03. The molecule has 0 saturated carbocycles. The Morgan fingerprint density at radius 1 is 1.00 bits per heavy atom. The zero-order chi connectivity index (χ0) is 14.6. The number of hydrogen-bond acceptors (Lipinski definition) is 4. The van der Waals surface area contributed by atoms with Gasteiger partial charge < -0.3 is 15.4 Å². The fraction of sp³-hybridized carbons (Fsp3) is 0.857. The molecule has 1 aliphatic heterocycles. The number of morpholine rings is 1. The van der Waals surface area contributed by atoms with Crippen LogP contribution in [0.5, 0.6) is 0 Å². The van der Waals surface area contributed by atoms with Gasteiger partial charge in [0, 0.05) is 26.2 Å². The van der Waals surface area contributed by atoms with E-state index in [9.17, 15) is 9.59 Å². The highest BCUT2D eigenvalue weighted by Gasteiger charge is 2.13. The molecule has 116 valence electrons. The Morgan fingerprint density at radius 2 is 1.60 bits per heavy atom. The molecule has 0 radical (unpaired) electrons. The van der Waals surface area contributed by atoms with Gasteiger partial charge in [-0.05, 0) is 19.4 Å². The first-order valence-electron chi connectivity index (χ1n) is 7.60. The van der Waals surface area contributed by atoms with E-state index in [1.54, 1.807) is 0 Å². The molecule has 2 amide bonds. The van der Waals surface area contributed by atoms with Crippen molar-refractivity contribution in [2.45, 2.75) is 32.6 Å². The maximum Gasteiger partial charge on any atom is 0.309 e. The summed E-state index contributed by atoms with van der Waals surface area (Å²) >= 11 is 0. The lowest BCUT2D eigenvalue weighted by Crippen LogP contribution is -2.42. The summed E-state index contributed by atoms with van der Waals surface area (Å²) in [6, 6.07) is 0. The average molecular weight is 285 g/mol. The largest absolute Gasteiger partial charge is 0.379 e. The molecule has 2 N–H and O–H groups in total. The van der Waals surface area contributed by atoms with Crippen molar-refractivity contribution < 1.29 is 14.3 Å². The highest BCUT2D eigenvalue weighted by atomic mass is 16.5. The lowest BCUT2D eigenvalue weighted by Gasteiger charge is -2.26. The Hall–Kier alpha value is -1.14. The van der Waals surface area contributed by atoms with Crippen molar-refractivity contribution in [2.75, 3.05) is 45.9 Å². The third kappa shape index (κ3) is 7.45. The first-order chi connectivity index (χ1) is 9.74. The summed E-state index contributed by atoms with van der Waals surface area (Å²) in [5.41, 5.74) is 0. The lowest BCUT2D eigenvalue weighted by atomic mass is 10.2. The van der Waals surface area contributed by atoms with Crippen LogP contribution in [0.4, 0.5) is 0 Å². The Labute approximate surface area is 121 Å². The molecule has 0 unspecified atom stereocenters. The topological polar surface area (TPSA) is 70.7 Å². The third-order valence-corrected chi connectivity index (χ3v) is 3.31. The molecule has 0 atom stereocenters. The summed E-state index contributed by atoms with van der Waals surface area (Å²) in [5.74, 6) is -1.05. The van der Waals surface area contributed by atoms with Crippen LogP contribution in [0.3, 0.4) is 0 Å². The van der Waals surface area contributed by atoms with E-state index in [2.05, 4.69) is 22.5 Å². The van der Waals surface area contributed by atoms with E-state index in [1.807, 2.05) is 0 Å². The SMILES string of the molecule is CCCCCNC(=O)C(=O)NCCCN1CCOCC1. The second kappa shape index (κ2) is 10.6. The lowest BCUT2D eigenvalue weighted by molar-refractivity contribution is -0.139. The van der Waals surface area contributed by atoms with Crippen molar-refractivity contribution in [1.82, 2.24) is 15.5 Å². The molecule has 1 heterocycles. The number of carbonyl (C=O) groups is 2. The number of unbranched alkanes of at least 4 members (excludes halogenated alkanes) is 2. The van der Waals surface area contributed by atoms with Gasteiger partial charge in [0.1, 0.15) is 0 Å². The Bertz CT molecular complexity index is 291. The first kappa shape index (κ1) is 16.9. The zero-order valence-corrected chi connectivity index (χ0v) is 12.5. The van der Waals surface area contributed by atoms with Gasteiger partial charge in [0.15, 0.2) is 0 Å². The monoisotopic (exact) mass is 285 g/mol. The van der Waals surface area contributed by atoms with Crippen LogP contribution in [0.1, 0.15) is 32.6 Å². The molecular weight excluding hydrogens is 258 g/mol. The van der Waals surface area contributed by atoms with E-state index in [1.165, 1.54) is 0 Å². The van der Waals surface area contributed by atoms with Gasteiger partial charge >= 0.3 is 11.8 Å². The maximum absolute atomic E-state index is 11.5. The normalized spacial score (nSPS) is 15.8.